The SMILES string of the molecule is C.C.C.C.C.C.C.C.C.C.CCCCOCC(C)CC.CCCCOCC(C)COCC(C)CC.CCCCOCC(CC)(CC)CC.CCCCOCC(CC)(CC)CC.CCCCOCC(CC)(CC)COCC(CC)(CC)CC.CCCCOCC(CC)(CC)COCC(CC)(CC)CC.CCCCc1c(C)cccc1OC.CCCCc1ccc(C)c(OC)c1.CCCCc1ccc(C)cc1. The minimum absolute atomic E-state index is 0. The smallest absolute Gasteiger partial charge is 0.122 e. The van der Waals surface area contributed by atoms with Crippen LogP contribution in [0.5, 0.6) is 11.5 Å². The van der Waals surface area contributed by atoms with E-state index in [1.165, 1.54) is 232 Å². The zero-order valence-electron chi connectivity index (χ0n) is 94.3. The molecule has 0 saturated carbocycles. The van der Waals surface area contributed by atoms with Gasteiger partial charge in [-0.2, -0.15) is 0 Å². The van der Waals surface area contributed by atoms with Crippen LogP contribution in [0.3, 0.4) is 0 Å². The lowest BCUT2D eigenvalue weighted by atomic mass is 9.80. The average Bonchev–Trinajstić information content (AvgIpc) is 0.863. The summed E-state index contributed by atoms with van der Waals surface area (Å²) in [6.07, 6.45) is 47.1. The first-order chi connectivity index (χ1) is 62.5. The monoisotopic (exact) mass is 2000 g/mol. The van der Waals surface area contributed by atoms with Gasteiger partial charge in [-0.15, -0.1) is 0 Å². The molecule has 0 aliphatic carbocycles. The first kappa shape index (κ1) is 173. The van der Waals surface area contributed by atoms with Gasteiger partial charge in [0.2, 0.25) is 0 Å². The molecule has 0 amide bonds. The average molecular weight is 2000 g/mol. The second-order valence-corrected chi connectivity index (χ2v) is 38.6. The van der Waals surface area contributed by atoms with Gasteiger partial charge in [-0.3, -0.25) is 0 Å². The zero-order valence-corrected chi connectivity index (χ0v) is 94.3. The molecule has 0 saturated heterocycles. The summed E-state index contributed by atoms with van der Waals surface area (Å²) in [5.41, 5.74) is 10.2. The minimum Gasteiger partial charge on any atom is -0.496 e. The second kappa shape index (κ2) is 119. The fourth-order valence-corrected chi connectivity index (χ4v) is 14.6. The van der Waals surface area contributed by atoms with E-state index >= 15 is 0 Å². The van der Waals surface area contributed by atoms with Crippen molar-refractivity contribution in [2.75, 3.05) is 133 Å². The molecule has 0 heterocycles. The summed E-state index contributed by atoms with van der Waals surface area (Å²) in [6.45, 7) is 89.7. The van der Waals surface area contributed by atoms with Gasteiger partial charge in [0.25, 0.3) is 0 Å². The predicted molar refractivity (Wildman–Crippen MR) is 644 cm³/mol. The lowest BCUT2D eigenvalue weighted by molar-refractivity contribution is -0.0534. The van der Waals surface area contributed by atoms with Crippen molar-refractivity contribution in [2.45, 2.75) is 553 Å². The van der Waals surface area contributed by atoms with Crippen LogP contribution in [0, 0.1) is 71.0 Å². The fourth-order valence-electron chi connectivity index (χ4n) is 14.6. The van der Waals surface area contributed by atoms with Gasteiger partial charge in [-0.05, 0) is 274 Å². The van der Waals surface area contributed by atoms with E-state index in [2.05, 4.69) is 277 Å². The topological polar surface area (TPSA) is 102 Å². The largest absolute Gasteiger partial charge is 0.496 e. The third-order valence-corrected chi connectivity index (χ3v) is 28.7. The van der Waals surface area contributed by atoms with Crippen molar-refractivity contribution in [3.63, 3.8) is 0 Å². The Bertz CT molecular complexity index is 2610. The third-order valence-electron chi connectivity index (χ3n) is 28.7. The standard InChI is InChI=1S/2C19H40O2.C13H28O2.2C12H18O.2C12H26O.C11H16.C9H20O.10CH4/c2*1-7-13-14-20-16-19(11-5,12-6)17-21-15-18(8-2,9-3)10-4;1-5-7-8-14-10-13(4)11-15-9-12(3)6-2;1-4-5-8-11-10(2)7-6-9-12(11)13-3;1-4-5-6-11-8-7-10(2)12(9-11)13-3;2*1-5-9-10-13-11-12(6-2,7-3)8-4;1-3-4-5-11-8-6-10(2)7-9-11;1-4-6-7-10-8-9(3)5-2;;;;;;;;;;/h2*7-17H2,1-6H3;12-13H,5-11H2,1-4H3;6-7,9H,4-5,8H2,1-3H3;7-9H,4-6H2,1-3H3;2*5-11H2,1-4H3;6-9H,3-5H2,1-2H3;9H,4-8H2,1-3H3;10*1H4. The summed E-state index contributed by atoms with van der Waals surface area (Å²) in [7, 11) is 3.47. The van der Waals surface area contributed by atoms with Crippen molar-refractivity contribution in [1.29, 1.82) is 0 Å². The first-order valence-corrected chi connectivity index (χ1v) is 55.0. The lowest BCUT2D eigenvalue weighted by Crippen LogP contribution is -2.34. The zero-order chi connectivity index (χ0) is 99.5. The number of rotatable bonds is 71. The molecule has 0 radical (unpaired) electrons. The van der Waals surface area contributed by atoms with Gasteiger partial charge in [-0.1, -0.05) is 407 Å². The number of unbranched alkanes of at least 4 members (excludes halogenated alkanes) is 9. The molecule has 0 spiro atoms. The summed E-state index contributed by atoms with van der Waals surface area (Å²) >= 11 is 0. The van der Waals surface area contributed by atoms with Crippen molar-refractivity contribution >= 4 is 0 Å². The quantitative estimate of drug-likeness (QED) is 0.0505. The molecule has 0 bridgehead atoms. The highest BCUT2D eigenvalue weighted by atomic mass is 16.5. The maximum atomic E-state index is 6.20. The minimum atomic E-state index is 0. The van der Waals surface area contributed by atoms with E-state index in [4.69, 9.17) is 52.1 Å². The Morgan fingerprint density at radius 3 is 0.757 bits per heavy atom. The van der Waals surface area contributed by atoms with E-state index in [1.54, 1.807) is 14.2 Å². The van der Waals surface area contributed by atoms with Gasteiger partial charge in [0.05, 0.1) is 80.3 Å². The maximum absolute atomic E-state index is 6.20. The van der Waals surface area contributed by atoms with Crippen molar-refractivity contribution in [3.8, 4) is 11.5 Å². The van der Waals surface area contributed by atoms with Crippen LogP contribution in [0.2, 0.25) is 0 Å². The summed E-state index contributed by atoms with van der Waals surface area (Å²) in [5.74, 6) is 3.98. The molecule has 3 atom stereocenters. The van der Waals surface area contributed by atoms with Gasteiger partial charge >= 0.3 is 0 Å². The van der Waals surface area contributed by atoms with Gasteiger partial charge in [0, 0.05) is 69.6 Å². The van der Waals surface area contributed by atoms with E-state index < -0.39 is 0 Å². The molecule has 0 aliphatic rings. The van der Waals surface area contributed by atoms with Crippen LogP contribution in [0.4, 0.5) is 0 Å². The molecule has 3 rings (SSSR count). The first-order valence-electron chi connectivity index (χ1n) is 55.0. The number of aryl methyl sites for hydroxylation is 5. The summed E-state index contributed by atoms with van der Waals surface area (Å²) in [6, 6.07) is 21.5. The normalized spacial score (nSPS) is 11.3. The van der Waals surface area contributed by atoms with Crippen molar-refractivity contribution in [3.05, 3.63) is 94.0 Å². The number of ether oxygens (including phenoxy) is 11. The van der Waals surface area contributed by atoms with Gasteiger partial charge in [-0.25, -0.2) is 0 Å². The Kier molecular flexibility index (Phi) is 148. The fraction of sp³-hybridized carbons (Fsp3) is 0.860. The molecule has 0 aliphatic heterocycles. The van der Waals surface area contributed by atoms with Crippen LogP contribution >= 0.6 is 0 Å². The van der Waals surface area contributed by atoms with E-state index in [9.17, 15) is 0 Å². The molecule has 11 nitrogen and oxygen atoms in total. The van der Waals surface area contributed by atoms with Gasteiger partial charge < -0.3 is 52.1 Å². The summed E-state index contributed by atoms with van der Waals surface area (Å²) in [4.78, 5) is 0. The molecular weight excluding hydrogens is 1730 g/mol. The third kappa shape index (κ3) is 90.0. The Morgan fingerprint density at radius 2 is 0.471 bits per heavy atom. The highest BCUT2D eigenvalue weighted by molar-refractivity contribution is 5.40. The highest BCUT2D eigenvalue weighted by Gasteiger charge is 2.33. The van der Waals surface area contributed by atoms with Crippen LogP contribution in [0.15, 0.2) is 60.7 Å². The number of hydrogen-bond acceptors (Lipinski definition) is 11. The van der Waals surface area contributed by atoms with Crippen LogP contribution < -0.4 is 9.47 Å². The van der Waals surface area contributed by atoms with Crippen LogP contribution in [0.1, 0.15) is 547 Å². The van der Waals surface area contributed by atoms with E-state index in [-0.39, 0.29) is 85.1 Å². The maximum Gasteiger partial charge on any atom is 0.122 e. The number of hydrogen-bond donors (Lipinski definition) is 0. The number of benzene rings is 3. The van der Waals surface area contributed by atoms with E-state index in [1.807, 2.05) is 12.1 Å². The second-order valence-electron chi connectivity index (χ2n) is 38.6. The van der Waals surface area contributed by atoms with Crippen LogP contribution in [-0.4, -0.2) is 133 Å². The van der Waals surface area contributed by atoms with Crippen molar-refractivity contribution in [2.24, 2.45) is 50.2 Å². The summed E-state index contributed by atoms with van der Waals surface area (Å²) in [5, 5.41) is 0. The van der Waals surface area contributed by atoms with Gasteiger partial charge in [0.1, 0.15) is 11.5 Å². The molecular formula is C129H272O11. The van der Waals surface area contributed by atoms with Crippen molar-refractivity contribution in [1.82, 2.24) is 0 Å². The van der Waals surface area contributed by atoms with Crippen LogP contribution in [0.25, 0.3) is 0 Å². The molecule has 3 aromatic carbocycles. The molecule has 0 fully saturated rings. The highest BCUT2D eigenvalue weighted by Crippen LogP contribution is 2.37. The molecule has 3 unspecified atom stereocenters. The van der Waals surface area contributed by atoms with Crippen LogP contribution in [-0.2, 0) is 61.9 Å². The Labute approximate surface area is 888 Å². The number of methoxy groups -OCH3 is 2. The molecule has 140 heavy (non-hydrogen) atoms. The molecule has 3 aromatic rings. The Hall–Kier alpha value is -3.10. The Balaban J connectivity index is -0.0000000882. The summed E-state index contributed by atoms with van der Waals surface area (Å²) < 4.78 is 62.8. The van der Waals surface area contributed by atoms with Crippen molar-refractivity contribution < 1.29 is 52.1 Å². The lowest BCUT2D eigenvalue weighted by Gasteiger charge is -2.35. The molecule has 854 valence electrons. The van der Waals surface area contributed by atoms with E-state index in [0.717, 1.165) is 188 Å². The molecule has 0 N–H and O–H groups in total. The van der Waals surface area contributed by atoms with E-state index in [0.29, 0.717) is 33.5 Å². The predicted octanol–water partition coefficient (Wildman–Crippen LogP) is 42.5. The molecule has 0 aromatic heterocycles. The van der Waals surface area contributed by atoms with Gasteiger partial charge in [0.15, 0.2) is 0 Å². The Morgan fingerprint density at radius 1 is 0.229 bits per heavy atom. The molecule has 11 heteroatoms.